The molecule has 0 saturated carbocycles. The van der Waals surface area contributed by atoms with Crippen LogP contribution in [0.15, 0.2) is 0 Å². The van der Waals surface area contributed by atoms with E-state index in [1.807, 2.05) is 0 Å². The third-order valence-corrected chi connectivity index (χ3v) is 3.19. The van der Waals surface area contributed by atoms with Crippen LogP contribution in [0.1, 0.15) is 53.4 Å². The lowest BCUT2D eigenvalue weighted by atomic mass is 9.78. The van der Waals surface area contributed by atoms with E-state index in [4.69, 9.17) is 4.74 Å². The summed E-state index contributed by atoms with van der Waals surface area (Å²) in [5.41, 5.74) is 0.411. The number of methoxy groups -OCH3 is 1. The van der Waals surface area contributed by atoms with Crippen molar-refractivity contribution < 1.29 is 4.74 Å². The summed E-state index contributed by atoms with van der Waals surface area (Å²) < 4.78 is 5.09. The van der Waals surface area contributed by atoms with Crippen molar-refractivity contribution in [2.45, 2.75) is 53.4 Å². The van der Waals surface area contributed by atoms with Crippen molar-refractivity contribution in [3.8, 4) is 0 Å². The second-order valence-corrected chi connectivity index (χ2v) is 5.76. The summed E-state index contributed by atoms with van der Waals surface area (Å²) in [6.07, 6.45) is 5.00. The van der Waals surface area contributed by atoms with Crippen LogP contribution in [-0.4, -0.2) is 26.8 Å². The van der Waals surface area contributed by atoms with E-state index in [9.17, 15) is 0 Å². The lowest BCUT2D eigenvalue weighted by molar-refractivity contribution is 0.176. The summed E-state index contributed by atoms with van der Waals surface area (Å²) in [5.74, 6) is 0.774. The van der Waals surface area contributed by atoms with Crippen molar-refractivity contribution in [3.63, 3.8) is 0 Å². The van der Waals surface area contributed by atoms with Gasteiger partial charge in [0.2, 0.25) is 0 Å². The molecule has 0 aromatic rings. The maximum atomic E-state index is 5.09. The Morgan fingerprint density at radius 2 is 1.88 bits per heavy atom. The van der Waals surface area contributed by atoms with Gasteiger partial charge in [0.05, 0.1) is 0 Å². The van der Waals surface area contributed by atoms with Crippen molar-refractivity contribution in [2.24, 2.45) is 11.3 Å². The molecule has 1 unspecified atom stereocenters. The highest BCUT2D eigenvalue weighted by atomic mass is 16.5. The molecule has 1 atom stereocenters. The second kappa shape index (κ2) is 9.00. The van der Waals surface area contributed by atoms with Gasteiger partial charge in [0.25, 0.3) is 0 Å². The van der Waals surface area contributed by atoms with Crippen LogP contribution in [-0.2, 0) is 4.74 Å². The second-order valence-electron chi connectivity index (χ2n) is 5.76. The Kier molecular flexibility index (Phi) is 8.96. The summed E-state index contributed by atoms with van der Waals surface area (Å²) >= 11 is 0. The SMILES string of the molecule is CCCNCC(CCCCOC)C(C)(C)C. The molecule has 0 aliphatic rings. The average Bonchev–Trinajstić information content (AvgIpc) is 2.20. The zero-order valence-corrected chi connectivity index (χ0v) is 11.9. The zero-order chi connectivity index (χ0) is 12.4. The van der Waals surface area contributed by atoms with Crippen LogP contribution in [0.4, 0.5) is 0 Å². The predicted octanol–water partition coefficient (Wildman–Crippen LogP) is 3.47. The van der Waals surface area contributed by atoms with Crippen molar-refractivity contribution in [1.82, 2.24) is 5.32 Å². The number of hydrogen-bond donors (Lipinski definition) is 1. The first kappa shape index (κ1) is 15.9. The standard InChI is InChI=1S/C14H31NO/c1-6-10-15-12-13(14(2,3)4)9-7-8-11-16-5/h13,15H,6-12H2,1-5H3. The quantitative estimate of drug-likeness (QED) is 0.611. The Morgan fingerprint density at radius 1 is 1.19 bits per heavy atom. The van der Waals surface area contributed by atoms with Gasteiger partial charge in [-0.15, -0.1) is 0 Å². The van der Waals surface area contributed by atoms with Gasteiger partial charge >= 0.3 is 0 Å². The molecule has 0 saturated heterocycles. The van der Waals surface area contributed by atoms with Crippen LogP contribution in [0, 0.1) is 11.3 Å². The number of hydrogen-bond acceptors (Lipinski definition) is 2. The number of ether oxygens (including phenoxy) is 1. The number of unbranched alkanes of at least 4 members (excludes halogenated alkanes) is 1. The molecule has 0 aromatic carbocycles. The predicted molar refractivity (Wildman–Crippen MR) is 71.8 cm³/mol. The Bertz CT molecular complexity index is 151. The zero-order valence-electron chi connectivity index (χ0n) is 11.9. The highest BCUT2D eigenvalue weighted by Crippen LogP contribution is 2.29. The summed E-state index contributed by atoms with van der Waals surface area (Å²) in [6, 6.07) is 0. The molecule has 0 aliphatic carbocycles. The summed E-state index contributed by atoms with van der Waals surface area (Å²) in [4.78, 5) is 0. The highest BCUT2D eigenvalue weighted by Gasteiger charge is 2.23. The smallest absolute Gasteiger partial charge is 0.0462 e. The van der Waals surface area contributed by atoms with Crippen LogP contribution in [0.5, 0.6) is 0 Å². The fraction of sp³-hybridized carbons (Fsp3) is 1.00. The Labute approximate surface area is 102 Å². The van der Waals surface area contributed by atoms with E-state index < -0.39 is 0 Å². The van der Waals surface area contributed by atoms with Crippen molar-refractivity contribution >= 4 is 0 Å². The van der Waals surface area contributed by atoms with Gasteiger partial charge in [-0.2, -0.15) is 0 Å². The molecule has 0 bridgehead atoms. The summed E-state index contributed by atoms with van der Waals surface area (Å²) in [7, 11) is 1.78. The fourth-order valence-corrected chi connectivity index (χ4v) is 1.93. The van der Waals surface area contributed by atoms with E-state index >= 15 is 0 Å². The molecule has 0 radical (unpaired) electrons. The van der Waals surface area contributed by atoms with Crippen LogP contribution < -0.4 is 5.32 Å². The molecule has 1 N–H and O–H groups in total. The Hall–Kier alpha value is -0.0800. The number of rotatable bonds is 9. The van der Waals surface area contributed by atoms with Gasteiger partial charge in [0, 0.05) is 13.7 Å². The molecular weight excluding hydrogens is 198 g/mol. The minimum Gasteiger partial charge on any atom is -0.385 e. The van der Waals surface area contributed by atoms with Gasteiger partial charge < -0.3 is 10.1 Å². The van der Waals surface area contributed by atoms with Gasteiger partial charge in [0.15, 0.2) is 0 Å². The monoisotopic (exact) mass is 229 g/mol. The third-order valence-electron chi connectivity index (χ3n) is 3.19. The Morgan fingerprint density at radius 3 is 2.38 bits per heavy atom. The molecule has 0 aromatic heterocycles. The Balaban J connectivity index is 3.82. The third kappa shape index (κ3) is 8.12. The summed E-state index contributed by atoms with van der Waals surface area (Å²) in [6.45, 7) is 12.5. The van der Waals surface area contributed by atoms with Gasteiger partial charge in [-0.3, -0.25) is 0 Å². The van der Waals surface area contributed by atoms with E-state index in [1.54, 1.807) is 7.11 Å². The maximum Gasteiger partial charge on any atom is 0.0462 e. The first-order chi connectivity index (χ1) is 7.52. The lowest BCUT2D eigenvalue weighted by Gasteiger charge is -2.31. The van der Waals surface area contributed by atoms with Crippen LogP contribution in [0.3, 0.4) is 0 Å². The molecular formula is C14H31NO. The minimum atomic E-state index is 0.411. The normalized spacial score (nSPS) is 14.1. The van der Waals surface area contributed by atoms with Crippen LogP contribution in [0.2, 0.25) is 0 Å². The fourth-order valence-electron chi connectivity index (χ4n) is 1.93. The highest BCUT2D eigenvalue weighted by molar-refractivity contribution is 4.76. The molecule has 0 heterocycles. The average molecular weight is 229 g/mol. The molecule has 0 spiro atoms. The largest absolute Gasteiger partial charge is 0.385 e. The molecule has 16 heavy (non-hydrogen) atoms. The summed E-state index contributed by atoms with van der Waals surface area (Å²) in [5, 5.41) is 3.55. The van der Waals surface area contributed by atoms with Gasteiger partial charge in [-0.1, -0.05) is 34.1 Å². The van der Waals surface area contributed by atoms with Gasteiger partial charge in [-0.05, 0) is 43.7 Å². The molecule has 2 heteroatoms. The van der Waals surface area contributed by atoms with E-state index in [2.05, 4.69) is 33.0 Å². The maximum absolute atomic E-state index is 5.09. The molecule has 0 aliphatic heterocycles. The van der Waals surface area contributed by atoms with Crippen molar-refractivity contribution in [1.29, 1.82) is 0 Å². The van der Waals surface area contributed by atoms with E-state index in [0.717, 1.165) is 25.6 Å². The van der Waals surface area contributed by atoms with Crippen LogP contribution >= 0.6 is 0 Å². The number of nitrogens with one attached hydrogen (secondary N) is 1. The topological polar surface area (TPSA) is 21.3 Å². The van der Waals surface area contributed by atoms with Gasteiger partial charge in [0.1, 0.15) is 0 Å². The first-order valence-corrected chi connectivity index (χ1v) is 6.72. The van der Waals surface area contributed by atoms with Gasteiger partial charge in [-0.25, -0.2) is 0 Å². The van der Waals surface area contributed by atoms with Crippen molar-refractivity contribution in [2.75, 3.05) is 26.8 Å². The minimum absolute atomic E-state index is 0.411. The molecule has 98 valence electrons. The molecule has 0 rings (SSSR count). The first-order valence-electron chi connectivity index (χ1n) is 6.72. The van der Waals surface area contributed by atoms with E-state index in [1.165, 1.54) is 25.7 Å². The van der Waals surface area contributed by atoms with Crippen molar-refractivity contribution in [3.05, 3.63) is 0 Å². The van der Waals surface area contributed by atoms with E-state index in [-0.39, 0.29) is 0 Å². The van der Waals surface area contributed by atoms with Crippen LogP contribution in [0.25, 0.3) is 0 Å². The molecule has 2 nitrogen and oxygen atoms in total. The molecule has 0 amide bonds. The lowest BCUT2D eigenvalue weighted by Crippen LogP contribution is -2.32. The van der Waals surface area contributed by atoms with E-state index in [0.29, 0.717) is 5.41 Å². The molecule has 0 fully saturated rings.